The number of benzene rings is 1. The second-order valence-electron chi connectivity index (χ2n) is 5.92. The van der Waals surface area contributed by atoms with Crippen LogP contribution in [0.25, 0.3) is 16.7 Å². The summed E-state index contributed by atoms with van der Waals surface area (Å²) in [5.41, 5.74) is 0.872. The molecule has 0 aliphatic heterocycles. The fourth-order valence-corrected chi connectivity index (χ4v) is 2.93. The van der Waals surface area contributed by atoms with E-state index in [1.165, 1.54) is 0 Å². The summed E-state index contributed by atoms with van der Waals surface area (Å²) in [6.45, 7) is 2.06. The standard InChI is InChI=1S/C19H21FN4O2S/c1-13(21-10-12-27)18-23-17-16(3-2-9-22-17)19(25)24(18)14-4-6-15(7-5-14)26-11-8-20/h2-7,9,13,21,27H,8,10-12H2,1H3/t13-/m1/s1. The number of rotatable bonds is 8. The molecule has 27 heavy (non-hydrogen) atoms. The number of aromatic nitrogens is 3. The van der Waals surface area contributed by atoms with E-state index >= 15 is 0 Å². The maximum Gasteiger partial charge on any atom is 0.267 e. The summed E-state index contributed by atoms with van der Waals surface area (Å²) < 4.78 is 19.1. The maximum absolute atomic E-state index is 13.1. The summed E-state index contributed by atoms with van der Waals surface area (Å²) in [5.74, 6) is 1.77. The number of nitrogens with one attached hydrogen (secondary N) is 1. The number of ether oxygens (including phenoxy) is 1. The second-order valence-corrected chi connectivity index (χ2v) is 6.36. The molecule has 0 fully saturated rings. The predicted octanol–water partition coefficient (Wildman–Crippen LogP) is 2.71. The van der Waals surface area contributed by atoms with Gasteiger partial charge in [-0.1, -0.05) is 0 Å². The molecule has 0 bridgehead atoms. The lowest BCUT2D eigenvalue weighted by molar-refractivity contribution is 0.273. The number of thiol groups is 1. The van der Waals surface area contributed by atoms with Crippen molar-refractivity contribution in [2.24, 2.45) is 0 Å². The van der Waals surface area contributed by atoms with Gasteiger partial charge in [0.25, 0.3) is 5.56 Å². The first kappa shape index (κ1) is 19.3. The number of hydrogen-bond acceptors (Lipinski definition) is 6. The average molecular weight is 388 g/mol. The SMILES string of the molecule is C[C@@H](NCCS)c1nc2ncccc2c(=O)n1-c1ccc(OCCF)cc1. The van der Waals surface area contributed by atoms with Crippen molar-refractivity contribution in [3.05, 3.63) is 58.8 Å². The molecule has 8 heteroatoms. The van der Waals surface area contributed by atoms with E-state index in [0.717, 1.165) is 0 Å². The van der Waals surface area contributed by atoms with E-state index in [-0.39, 0.29) is 18.2 Å². The zero-order valence-electron chi connectivity index (χ0n) is 14.9. The van der Waals surface area contributed by atoms with E-state index in [1.807, 2.05) is 6.92 Å². The average Bonchev–Trinajstić information content (AvgIpc) is 2.71. The molecule has 0 saturated carbocycles. The van der Waals surface area contributed by atoms with Crippen molar-refractivity contribution in [2.45, 2.75) is 13.0 Å². The van der Waals surface area contributed by atoms with Gasteiger partial charge in [0, 0.05) is 18.5 Å². The van der Waals surface area contributed by atoms with Crippen LogP contribution in [0.4, 0.5) is 4.39 Å². The Morgan fingerprint density at radius 3 is 2.78 bits per heavy atom. The second kappa shape index (κ2) is 8.96. The van der Waals surface area contributed by atoms with Gasteiger partial charge in [0.1, 0.15) is 24.9 Å². The minimum Gasteiger partial charge on any atom is -0.491 e. The summed E-state index contributed by atoms with van der Waals surface area (Å²) in [5, 5.41) is 3.74. The maximum atomic E-state index is 13.1. The Labute approximate surface area is 161 Å². The predicted molar refractivity (Wildman–Crippen MR) is 107 cm³/mol. The number of halogens is 1. The van der Waals surface area contributed by atoms with Crippen LogP contribution >= 0.6 is 12.6 Å². The molecule has 0 aliphatic rings. The molecule has 0 amide bonds. The van der Waals surface area contributed by atoms with Crippen LogP contribution in [0.5, 0.6) is 5.75 Å². The van der Waals surface area contributed by atoms with Crippen LogP contribution < -0.4 is 15.6 Å². The van der Waals surface area contributed by atoms with Crippen LogP contribution in [-0.2, 0) is 0 Å². The zero-order valence-corrected chi connectivity index (χ0v) is 15.8. The fourth-order valence-electron chi connectivity index (χ4n) is 2.80. The minimum absolute atomic E-state index is 0.00156. The Morgan fingerprint density at radius 2 is 2.07 bits per heavy atom. The fraction of sp³-hybridized carbons (Fsp3) is 0.316. The van der Waals surface area contributed by atoms with Gasteiger partial charge in [0.05, 0.1) is 17.1 Å². The largest absolute Gasteiger partial charge is 0.491 e. The molecule has 6 nitrogen and oxygen atoms in total. The molecule has 3 rings (SSSR count). The zero-order chi connectivity index (χ0) is 19.2. The summed E-state index contributed by atoms with van der Waals surface area (Å²) in [4.78, 5) is 22.0. The summed E-state index contributed by atoms with van der Waals surface area (Å²) >= 11 is 4.22. The van der Waals surface area contributed by atoms with Crippen molar-refractivity contribution in [1.82, 2.24) is 19.9 Å². The molecule has 0 unspecified atom stereocenters. The number of hydrogen-bond donors (Lipinski definition) is 2. The van der Waals surface area contributed by atoms with Gasteiger partial charge in [-0.05, 0) is 43.3 Å². The third-order valence-corrected chi connectivity index (χ3v) is 4.28. The lowest BCUT2D eigenvalue weighted by Gasteiger charge is -2.19. The van der Waals surface area contributed by atoms with E-state index in [4.69, 9.17) is 4.74 Å². The van der Waals surface area contributed by atoms with E-state index in [1.54, 1.807) is 47.2 Å². The smallest absolute Gasteiger partial charge is 0.267 e. The first-order chi connectivity index (χ1) is 13.2. The first-order valence-electron chi connectivity index (χ1n) is 8.67. The Hall–Kier alpha value is -2.45. The first-order valence-corrected chi connectivity index (χ1v) is 9.30. The molecule has 1 atom stereocenters. The van der Waals surface area contributed by atoms with E-state index in [2.05, 4.69) is 27.9 Å². The van der Waals surface area contributed by atoms with Crippen molar-refractivity contribution in [1.29, 1.82) is 0 Å². The van der Waals surface area contributed by atoms with Gasteiger partial charge in [-0.2, -0.15) is 12.6 Å². The van der Waals surface area contributed by atoms with Gasteiger partial charge < -0.3 is 10.1 Å². The topological polar surface area (TPSA) is 69.0 Å². The Bertz CT molecular complexity index is 962. The number of fused-ring (bicyclic) bond motifs is 1. The molecular formula is C19H21FN4O2S. The van der Waals surface area contributed by atoms with Gasteiger partial charge in [-0.3, -0.25) is 9.36 Å². The number of alkyl halides is 1. The van der Waals surface area contributed by atoms with Crippen LogP contribution in [0.2, 0.25) is 0 Å². The van der Waals surface area contributed by atoms with Crippen LogP contribution in [0.3, 0.4) is 0 Å². The third-order valence-electron chi connectivity index (χ3n) is 4.06. The number of nitrogens with zero attached hydrogens (tertiary/aromatic N) is 3. The molecule has 2 aromatic heterocycles. The highest BCUT2D eigenvalue weighted by molar-refractivity contribution is 7.80. The Kier molecular flexibility index (Phi) is 6.41. The molecule has 0 saturated heterocycles. The highest BCUT2D eigenvalue weighted by Gasteiger charge is 2.18. The Morgan fingerprint density at radius 1 is 1.30 bits per heavy atom. The normalized spacial score (nSPS) is 12.3. The molecule has 142 valence electrons. The monoisotopic (exact) mass is 388 g/mol. The third kappa shape index (κ3) is 4.28. The van der Waals surface area contributed by atoms with Crippen molar-refractivity contribution in [3.63, 3.8) is 0 Å². The van der Waals surface area contributed by atoms with E-state index in [0.29, 0.717) is 40.6 Å². The summed E-state index contributed by atoms with van der Waals surface area (Å²) in [6, 6.07) is 10.2. The molecular weight excluding hydrogens is 367 g/mol. The lowest BCUT2D eigenvalue weighted by Crippen LogP contribution is -2.31. The van der Waals surface area contributed by atoms with Crippen LogP contribution in [-0.4, -0.2) is 40.1 Å². The van der Waals surface area contributed by atoms with Crippen molar-refractivity contribution in [3.8, 4) is 11.4 Å². The molecule has 1 aromatic carbocycles. The van der Waals surface area contributed by atoms with Crippen molar-refractivity contribution in [2.75, 3.05) is 25.6 Å². The number of pyridine rings is 1. The lowest BCUT2D eigenvalue weighted by atomic mass is 10.2. The highest BCUT2D eigenvalue weighted by atomic mass is 32.1. The molecule has 2 heterocycles. The van der Waals surface area contributed by atoms with Gasteiger partial charge in [-0.25, -0.2) is 14.4 Å². The van der Waals surface area contributed by atoms with E-state index < -0.39 is 6.67 Å². The van der Waals surface area contributed by atoms with Crippen LogP contribution in [0, 0.1) is 0 Å². The van der Waals surface area contributed by atoms with E-state index in [9.17, 15) is 9.18 Å². The summed E-state index contributed by atoms with van der Waals surface area (Å²) in [7, 11) is 0. The Balaban J connectivity index is 2.11. The van der Waals surface area contributed by atoms with Gasteiger partial charge in [-0.15, -0.1) is 0 Å². The summed E-state index contributed by atoms with van der Waals surface area (Å²) in [6.07, 6.45) is 1.62. The molecule has 0 spiro atoms. The quantitative estimate of drug-likeness (QED) is 0.581. The van der Waals surface area contributed by atoms with Crippen LogP contribution in [0.1, 0.15) is 18.8 Å². The molecule has 0 radical (unpaired) electrons. The molecule has 1 N–H and O–H groups in total. The molecule has 3 aromatic rings. The highest BCUT2D eigenvalue weighted by Crippen LogP contribution is 2.19. The van der Waals surface area contributed by atoms with Gasteiger partial charge in [0.2, 0.25) is 0 Å². The van der Waals surface area contributed by atoms with Crippen molar-refractivity contribution < 1.29 is 9.13 Å². The van der Waals surface area contributed by atoms with Crippen LogP contribution in [0.15, 0.2) is 47.4 Å². The van der Waals surface area contributed by atoms with Crippen molar-refractivity contribution >= 4 is 23.7 Å². The molecule has 0 aliphatic carbocycles. The minimum atomic E-state index is -0.554. The van der Waals surface area contributed by atoms with Gasteiger partial charge >= 0.3 is 0 Å². The van der Waals surface area contributed by atoms with Gasteiger partial charge in [0.15, 0.2) is 5.65 Å².